The van der Waals surface area contributed by atoms with Crippen LogP contribution in [0.1, 0.15) is 42.2 Å². The molecule has 1 aliphatic rings. The molecule has 0 aliphatic carbocycles. The Bertz CT molecular complexity index is 1180. The molecule has 3 aromatic rings. The highest BCUT2D eigenvalue weighted by Crippen LogP contribution is 2.27. The highest BCUT2D eigenvalue weighted by molar-refractivity contribution is 6.21. The van der Waals surface area contributed by atoms with E-state index < -0.39 is 5.97 Å². The fraction of sp³-hybridized carbons (Fsp3) is 0.192. The van der Waals surface area contributed by atoms with E-state index in [9.17, 15) is 14.4 Å². The number of methoxy groups -OCH3 is 1. The van der Waals surface area contributed by atoms with Crippen molar-refractivity contribution in [1.82, 2.24) is 4.90 Å². The molecule has 0 atom stereocenters. The van der Waals surface area contributed by atoms with Gasteiger partial charge in [0.1, 0.15) is 30.3 Å². The third-order valence-electron chi connectivity index (χ3n) is 5.37. The molecular weight excluding hydrogens is 422 g/mol. The lowest BCUT2D eigenvalue weighted by Crippen LogP contribution is -2.29. The lowest BCUT2D eigenvalue weighted by atomic mass is 10.1. The van der Waals surface area contributed by atoms with Crippen molar-refractivity contribution in [3.63, 3.8) is 0 Å². The van der Waals surface area contributed by atoms with Crippen molar-refractivity contribution < 1.29 is 28.6 Å². The maximum absolute atomic E-state index is 12.7. The number of nitrogens with zero attached hydrogens (tertiary/aromatic N) is 1. The Hall–Kier alpha value is -4.13. The summed E-state index contributed by atoms with van der Waals surface area (Å²) < 4.78 is 16.3. The van der Waals surface area contributed by atoms with Gasteiger partial charge in [-0.1, -0.05) is 36.4 Å². The third kappa shape index (κ3) is 4.57. The first kappa shape index (κ1) is 22.1. The Kier molecular flexibility index (Phi) is 6.40. The van der Waals surface area contributed by atoms with Crippen LogP contribution in [0.4, 0.5) is 0 Å². The van der Waals surface area contributed by atoms with Crippen molar-refractivity contribution in [1.29, 1.82) is 0 Å². The van der Waals surface area contributed by atoms with Gasteiger partial charge in [-0.3, -0.25) is 14.5 Å². The average Bonchev–Trinajstić information content (AvgIpc) is 3.07. The molecule has 4 rings (SSSR count). The number of ether oxygens (including phenoxy) is 3. The second-order valence-corrected chi connectivity index (χ2v) is 7.53. The lowest BCUT2D eigenvalue weighted by Gasteiger charge is -2.16. The summed E-state index contributed by atoms with van der Waals surface area (Å²) in [6.07, 6.45) is 0. The van der Waals surface area contributed by atoms with Crippen LogP contribution >= 0.6 is 0 Å². The van der Waals surface area contributed by atoms with Crippen LogP contribution in [-0.2, 0) is 11.3 Å². The van der Waals surface area contributed by atoms with Gasteiger partial charge in [0.25, 0.3) is 11.8 Å². The van der Waals surface area contributed by atoms with Gasteiger partial charge in [-0.25, -0.2) is 4.79 Å². The third-order valence-corrected chi connectivity index (χ3v) is 5.37. The molecule has 0 spiro atoms. The van der Waals surface area contributed by atoms with E-state index in [0.29, 0.717) is 22.4 Å². The lowest BCUT2D eigenvalue weighted by molar-refractivity contribution is 0.0446. The zero-order chi connectivity index (χ0) is 23.4. The van der Waals surface area contributed by atoms with Crippen LogP contribution in [-0.4, -0.2) is 43.0 Å². The normalized spacial score (nSPS) is 12.5. The monoisotopic (exact) mass is 445 g/mol. The summed E-state index contributed by atoms with van der Waals surface area (Å²) in [5.74, 6) is -0.225. The summed E-state index contributed by atoms with van der Waals surface area (Å²) in [5.41, 5.74) is 2.57. The van der Waals surface area contributed by atoms with Crippen LogP contribution < -0.4 is 9.47 Å². The average molecular weight is 445 g/mol. The van der Waals surface area contributed by atoms with Crippen molar-refractivity contribution in [2.75, 3.05) is 20.3 Å². The van der Waals surface area contributed by atoms with Gasteiger partial charge in [-0.05, 0) is 48.4 Å². The number of aryl methyl sites for hydroxylation is 1. The van der Waals surface area contributed by atoms with Gasteiger partial charge in [0.2, 0.25) is 0 Å². The van der Waals surface area contributed by atoms with Gasteiger partial charge in [0.05, 0.1) is 24.8 Å². The summed E-state index contributed by atoms with van der Waals surface area (Å²) in [5, 5.41) is 0. The van der Waals surface area contributed by atoms with E-state index in [-0.39, 0.29) is 37.1 Å². The number of benzene rings is 3. The highest BCUT2D eigenvalue weighted by atomic mass is 16.6. The first-order valence-electron chi connectivity index (χ1n) is 10.5. The standard InChI is InChI=1S/C26H23NO6/c1-17-7-3-6-10-22(17)32-13-14-33-26(30)21-15-18(11-12-23(21)31-2)16-27-24(28)19-8-4-5-9-20(19)25(27)29/h3-12,15H,13-14,16H2,1-2H3. The molecule has 1 aliphatic heterocycles. The van der Waals surface area contributed by atoms with Crippen LogP contribution in [0.25, 0.3) is 0 Å². The topological polar surface area (TPSA) is 82.1 Å². The zero-order valence-corrected chi connectivity index (χ0v) is 18.4. The molecule has 7 nitrogen and oxygen atoms in total. The Balaban J connectivity index is 1.42. The number of imide groups is 1. The van der Waals surface area contributed by atoms with Gasteiger partial charge in [0.15, 0.2) is 0 Å². The minimum absolute atomic E-state index is 0.0347. The Morgan fingerprint density at radius 3 is 2.18 bits per heavy atom. The van der Waals surface area contributed by atoms with E-state index in [0.717, 1.165) is 16.2 Å². The molecule has 0 bridgehead atoms. The first-order valence-corrected chi connectivity index (χ1v) is 10.5. The molecule has 0 N–H and O–H groups in total. The van der Waals surface area contributed by atoms with Crippen LogP contribution in [0, 0.1) is 6.92 Å². The quantitative estimate of drug-likeness (QED) is 0.296. The summed E-state index contributed by atoms with van der Waals surface area (Å²) in [7, 11) is 1.46. The summed E-state index contributed by atoms with van der Waals surface area (Å²) in [6, 6.07) is 19.2. The zero-order valence-electron chi connectivity index (χ0n) is 18.4. The fourth-order valence-electron chi connectivity index (χ4n) is 3.66. The largest absolute Gasteiger partial charge is 0.496 e. The molecule has 2 amide bonds. The number of carbonyl (C=O) groups is 3. The highest BCUT2D eigenvalue weighted by Gasteiger charge is 2.35. The second kappa shape index (κ2) is 9.56. The molecule has 168 valence electrons. The molecule has 0 fully saturated rings. The van der Waals surface area contributed by atoms with Gasteiger partial charge >= 0.3 is 5.97 Å². The molecule has 0 unspecified atom stereocenters. The molecular formula is C26H23NO6. The number of esters is 1. The first-order chi connectivity index (χ1) is 16.0. The van der Waals surface area contributed by atoms with Crippen LogP contribution in [0.15, 0.2) is 66.7 Å². The Morgan fingerprint density at radius 2 is 1.52 bits per heavy atom. The van der Waals surface area contributed by atoms with Crippen molar-refractivity contribution in [3.8, 4) is 11.5 Å². The van der Waals surface area contributed by atoms with E-state index in [4.69, 9.17) is 14.2 Å². The Labute approximate surface area is 191 Å². The molecule has 1 heterocycles. The van der Waals surface area contributed by atoms with Crippen molar-refractivity contribution >= 4 is 17.8 Å². The van der Waals surface area contributed by atoms with E-state index in [1.165, 1.54) is 7.11 Å². The number of hydrogen-bond acceptors (Lipinski definition) is 6. The summed E-state index contributed by atoms with van der Waals surface area (Å²) in [4.78, 5) is 39.1. The van der Waals surface area contributed by atoms with Crippen LogP contribution in [0.5, 0.6) is 11.5 Å². The van der Waals surface area contributed by atoms with Gasteiger partial charge in [-0.15, -0.1) is 0 Å². The molecule has 0 radical (unpaired) electrons. The molecule has 33 heavy (non-hydrogen) atoms. The minimum Gasteiger partial charge on any atom is -0.496 e. The van der Waals surface area contributed by atoms with E-state index in [1.807, 2.05) is 31.2 Å². The van der Waals surface area contributed by atoms with Gasteiger partial charge in [0, 0.05) is 0 Å². The predicted octanol–water partition coefficient (Wildman–Crippen LogP) is 4.04. The van der Waals surface area contributed by atoms with Crippen molar-refractivity contribution in [3.05, 3.63) is 94.5 Å². The van der Waals surface area contributed by atoms with E-state index >= 15 is 0 Å². The maximum Gasteiger partial charge on any atom is 0.342 e. The predicted molar refractivity (Wildman–Crippen MR) is 121 cm³/mol. The maximum atomic E-state index is 12.7. The van der Waals surface area contributed by atoms with Crippen molar-refractivity contribution in [2.45, 2.75) is 13.5 Å². The molecule has 3 aromatic carbocycles. The number of carbonyl (C=O) groups excluding carboxylic acids is 3. The number of rotatable bonds is 8. The number of para-hydroxylation sites is 1. The number of amides is 2. The Morgan fingerprint density at radius 1 is 0.848 bits per heavy atom. The van der Waals surface area contributed by atoms with E-state index in [2.05, 4.69) is 0 Å². The van der Waals surface area contributed by atoms with Crippen LogP contribution in [0.3, 0.4) is 0 Å². The van der Waals surface area contributed by atoms with Crippen molar-refractivity contribution in [2.24, 2.45) is 0 Å². The van der Waals surface area contributed by atoms with Gasteiger partial charge < -0.3 is 14.2 Å². The van der Waals surface area contributed by atoms with E-state index in [1.54, 1.807) is 42.5 Å². The molecule has 0 aromatic heterocycles. The number of hydrogen-bond donors (Lipinski definition) is 0. The second-order valence-electron chi connectivity index (χ2n) is 7.53. The molecule has 0 saturated carbocycles. The molecule has 7 heteroatoms. The number of fused-ring (bicyclic) bond motifs is 1. The summed E-state index contributed by atoms with van der Waals surface area (Å²) >= 11 is 0. The smallest absolute Gasteiger partial charge is 0.342 e. The minimum atomic E-state index is -0.579. The van der Waals surface area contributed by atoms with Gasteiger partial charge in [-0.2, -0.15) is 0 Å². The summed E-state index contributed by atoms with van der Waals surface area (Å²) in [6.45, 7) is 2.23. The van der Waals surface area contributed by atoms with Crippen LogP contribution in [0.2, 0.25) is 0 Å². The fourth-order valence-corrected chi connectivity index (χ4v) is 3.66. The SMILES string of the molecule is COc1ccc(CN2C(=O)c3ccccc3C2=O)cc1C(=O)OCCOc1ccccc1C. The molecule has 0 saturated heterocycles.